The number of rotatable bonds is 4. The summed E-state index contributed by atoms with van der Waals surface area (Å²) >= 11 is 0. The van der Waals surface area contributed by atoms with Crippen LogP contribution < -0.4 is 10.5 Å². The number of anilines is 1. The smallest absolute Gasteiger partial charge is 0.241 e. The standard InChI is InChI=1S/C13H20N2O3S/c1-9-12(14)4-3-5-13(9)19(16,17)15-10(2)11-6-7-18-8-11/h3-5,10-11,15H,6-8,14H2,1-2H3. The minimum Gasteiger partial charge on any atom is -0.398 e. The van der Waals surface area contributed by atoms with Crippen LogP contribution in [0.1, 0.15) is 18.9 Å². The number of hydrogen-bond donors (Lipinski definition) is 2. The summed E-state index contributed by atoms with van der Waals surface area (Å²) < 4.78 is 32.7. The molecule has 1 saturated heterocycles. The quantitative estimate of drug-likeness (QED) is 0.816. The van der Waals surface area contributed by atoms with Gasteiger partial charge in [0.05, 0.1) is 11.5 Å². The monoisotopic (exact) mass is 284 g/mol. The molecule has 0 aliphatic carbocycles. The normalized spacial score (nSPS) is 21.5. The molecule has 3 N–H and O–H groups in total. The van der Waals surface area contributed by atoms with E-state index in [1.807, 2.05) is 6.92 Å². The third-order valence-electron chi connectivity index (χ3n) is 3.63. The van der Waals surface area contributed by atoms with Crippen molar-refractivity contribution in [3.63, 3.8) is 0 Å². The molecular formula is C13H20N2O3S. The number of nitrogens with two attached hydrogens (primary N) is 1. The summed E-state index contributed by atoms with van der Waals surface area (Å²) in [4.78, 5) is 0.248. The second kappa shape index (κ2) is 5.48. The average Bonchev–Trinajstić information content (AvgIpc) is 2.85. The predicted molar refractivity (Wildman–Crippen MR) is 74.3 cm³/mol. The Hall–Kier alpha value is -1.11. The van der Waals surface area contributed by atoms with Crippen LogP contribution in [-0.4, -0.2) is 27.7 Å². The van der Waals surface area contributed by atoms with Crippen LogP contribution in [-0.2, 0) is 14.8 Å². The van der Waals surface area contributed by atoms with Gasteiger partial charge in [-0.1, -0.05) is 6.07 Å². The van der Waals surface area contributed by atoms with Crippen molar-refractivity contribution in [3.8, 4) is 0 Å². The molecule has 2 rings (SSSR count). The van der Waals surface area contributed by atoms with Crippen molar-refractivity contribution in [1.82, 2.24) is 4.72 Å². The van der Waals surface area contributed by atoms with Crippen molar-refractivity contribution in [2.24, 2.45) is 5.92 Å². The molecule has 0 amide bonds. The lowest BCUT2D eigenvalue weighted by atomic mass is 10.0. The molecule has 1 aromatic carbocycles. The van der Waals surface area contributed by atoms with E-state index in [0.717, 1.165) is 6.42 Å². The number of hydrogen-bond acceptors (Lipinski definition) is 4. The summed E-state index contributed by atoms with van der Waals surface area (Å²) in [5.74, 6) is 0.233. The second-order valence-electron chi connectivity index (χ2n) is 5.00. The maximum atomic E-state index is 12.4. The van der Waals surface area contributed by atoms with Gasteiger partial charge in [0.1, 0.15) is 0 Å². The number of nitrogens with one attached hydrogen (secondary N) is 1. The number of ether oxygens (including phenoxy) is 1. The Labute approximate surface area is 114 Å². The molecule has 0 spiro atoms. The molecule has 0 saturated carbocycles. The van der Waals surface area contributed by atoms with Gasteiger partial charge in [0.15, 0.2) is 0 Å². The maximum Gasteiger partial charge on any atom is 0.241 e. The lowest BCUT2D eigenvalue weighted by molar-refractivity contribution is 0.180. The van der Waals surface area contributed by atoms with E-state index in [2.05, 4.69) is 4.72 Å². The SMILES string of the molecule is Cc1c(N)cccc1S(=O)(=O)NC(C)C1CCOC1. The van der Waals surface area contributed by atoms with E-state index in [1.165, 1.54) is 0 Å². The third kappa shape index (κ3) is 3.08. The molecule has 6 heteroatoms. The molecule has 1 aliphatic rings. The molecule has 106 valence electrons. The van der Waals surface area contributed by atoms with Crippen LogP contribution >= 0.6 is 0 Å². The molecule has 5 nitrogen and oxygen atoms in total. The molecule has 1 aliphatic heterocycles. The van der Waals surface area contributed by atoms with E-state index in [4.69, 9.17) is 10.5 Å². The van der Waals surface area contributed by atoms with Crippen LogP contribution in [0.25, 0.3) is 0 Å². The minimum atomic E-state index is -3.54. The molecule has 0 radical (unpaired) electrons. The first kappa shape index (κ1) is 14.3. The third-order valence-corrected chi connectivity index (χ3v) is 5.33. The van der Waals surface area contributed by atoms with Crippen LogP contribution in [0.3, 0.4) is 0 Å². The van der Waals surface area contributed by atoms with Gasteiger partial charge in [-0.2, -0.15) is 0 Å². The maximum absolute atomic E-state index is 12.4. The molecule has 19 heavy (non-hydrogen) atoms. The summed E-state index contributed by atoms with van der Waals surface area (Å²) in [6.45, 7) is 4.90. The highest BCUT2D eigenvalue weighted by Crippen LogP contribution is 2.22. The van der Waals surface area contributed by atoms with Crippen LogP contribution in [0.4, 0.5) is 5.69 Å². The zero-order valence-corrected chi connectivity index (χ0v) is 12.0. The second-order valence-corrected chi connectivity index (χ2v) is 6.69. The first-order valence-corrected chi connectivity index (χ1v) is 7.85. The first-order valence-electron chi connectivity index (χ1n) is 6.37. The first-order chi connectivity index (χ1) is 8.92. The summed E-state index contributed by atoms with van der Waals surface area (Å²) in [5, 5.41) is 0. The van der Waals surface area contributed by atoms with Gasteiger partial charge in [-0.3, -0.25) is 0 Å². The van der Waals surface area contributed by atoms with Crippen molar-refractivity contribution in [2.45, 2.75) is 31.2 Å². The van der Waals surface area contributed by atoms with Crippen molar-refractivity contribution in [2.75, 3.05) is 18.9 Å². The van der Waals surface area contributed by atoms with E-state index in [0.29, 0.717) is 24.5 Å². The van der Waals surface area contributed by atoms with E-state index in [9.17, 15) is 8.42 Å². The molecule has 1 heterocycles. The molecule has 2 unspecified atom stereocenters. The highest BCUT2D eigenvalue weighted by molar-refractivity contribution is 7.89. The average molecular weight is 284 g/mol. The predicted octanol–water partition coefficient (Wildman–Crippen LogP) is 1.28. The van der Waals surface area contributed by atoms with Crippen LogP contribution in [0, 0.1) is 12.8 Å². The highest BCUT2D eigenvalue weighted by Gasteiger charge is 2.27. The van der Waals surface area contributed by atoms with Gasteiger partial charge in [-0.05, 0) is 38.0 Å². The fourth-order valence-corrected chi connectivity index (χ4v) is 3.86. The van der Waals surface area contributed by atoms with Gasteiger partial charge in [0.25, 0.3) is 0 Å². The van der Waals surface area contributed by atoms with E-state index < -0.39 is 10.0 Å². The molecule has 2 atom stereocenters. The number of benzene rings is 1. The number of nitrogen functional groups attached to an aromatic ring is 1. The molecule has 0 aromatic heterocycles. The molecule has 1 fully saturated rings. The van der Waals surface area contributed by atoms with E-state index in [-0.39, 0.29) is 16.9 Å². The van der Waals surface area contributed by atoms with Gasteiger partial charge in [-0.25, -0.2) is 13.1 Å². The van der Waals surface area contributed by atoms with Gasteiger partial charge in [0.2, 0.25) is 10.0 Å². The van der Waals surface area contributed by atoms with Crippen molar-refractivity contribution >= 4 is 15.7 Å². The van der Waals surface area contributed by atoms with Crippen molar-refractivity contribution in [3.05, 3.63) is 23.8 Å². The minimum absolute atomic E-state index is 0.145. The fraction of sp³-hybridized carbons (Fsp3) is 0.538. The van der Waals surface area contributed by atoms with Gasteiger partial charge >= 0.3 is 0 Å². The summed E-state index contributed by atoms with van der Waals surface area (Å²) in [6.07, 6.45) is 0.888. The Morgan fingerprint density at radius 1 is 1.47 bits per heavy atom. The molecule has 1 aromatic rings. The largest absolute Gasteiger partial charge is 0.398 e. The summed E-state index contributed by atoms with van der Waals surface area (Å²) in [6, 6.07) is 4.78. The van der Waals surface area contributed by atoms with Gasteiger partial charge in [0, 0.05) is 24.3 Å². The topological polar surface area (TPSA) is 81.4 Å². The van der Waals surface area contributed by atoms with Crippen molar-refractivity contribution in [1.29, 1.82) is 0 Å². The van der Waals surface area contributed by atoms with E-state index >= 15 is 0 Å². The van der Waals surface area contributed by atoms with Crippen LogP contribution in [0.2, 0.25) is 0 Å². The Balaban J connectivity index is 2.20. The molecular weight excluding hydrogens is 264 g/mol. The van der Waals surface area contributed by atoms with E-state index in [1.54, 1.807) is 25.1 Å². The van der Waals surface area contributed by atoms with Crippen molar-refractivity contribution < 1.29 is 13.2 Å². The fourth-order valence-electron chi connectivity index (χ4n) is 2.27. The molecule has 0 bridgehead atoms. The Morgan fingerprint density at radius 3 is 2.84 bits per heavy atom. The number of sulfonamides is 1. The summed E-state index contributed by atoms with van der Waals surface area (Å²) in [7, 11) is -3.54. The summed E-state index contributed by atoms with van der Waals surface area (Å²) in [5.41, 5.74) is 6.83. The van der Waals surface area contributed by atoms with Crippen LogP contribution in [0.5, 0.6) is 0 Å². The lowest BCUT2D eigenvalue weighted by Gasteiger charge is -2.20. The van der Waals surface area contributed by atoms with Crippen LogP contribution in [0.15, 0.2) is 23.1 Å². The Kier molecular flexibility index (Phi) is 4.13. The highest BCUT2D eigenvalue weighted by atomic mass is 32.2. The Bertz CT molecular complexity index is 551. The zero-order chi connectivity index (χ0) is 14.0. The zero-order valence-electron chi connectivity index (χ0n) is 11.2. The van der Waals surface area contributed by atoms with Gasteiger partial charge < -0.3 is 10.5 Å². The lowest BCUT2D eigenvalue weighted by Crippen LogP contribution is -2.38. The van der Waals surface area contributed by atoms with Gasteiger partial charge in [-0.15, -0.1) is 0 Å². The Morgan fingerprint density at radius 2 is 2.21 bits per heavy atom.